The summed E-state index contributed by atoms with van der Waals surface area (Å²) in [5.41, 5.74) is -0.799. The van der Waals surface area contributed by atoms with Gasteiger partial charge in [0.15, 0.2) is 0 Å². The summed E-state index contributed by atoms with van der Waals surface area (Å²) in [7, 11) is 0. The lowest BCUT2D eigenvalue weighted by atomic mass is 9.84. The number of rotatable bonds is 3. The Morgan fingerprint density at radius 3 is 2.52 bits per heavy atom. The van der Waals surface area contributed by atoms with E-state index in [4.69, 9.17) is 0 Å². The van der Waals surface area contributed by atoms with Crippen LogP contribution in [0.2, 0.25) is 0 Å². The van der Waals surface area contributed by atoms with Crippen molar-refractivity contribution in [3.05, 3.63) is 0 Å². The van der Waals surface area contributed by atoms with Gasteiger partial charge in [0.05, 0.1) is 5.41 Å². The minimum absolute atomic E-state index is 0.00413. The van der Waals surface area contributed by atoms with E-state index in [0.717, 1.165) is 6.42 Å². The van der Waals surface area contributed by atoms with E-state index in [0.29, 0.717) is 32.5 Å². The molecule has 0 radical (unpaired) electrons. The van der Waals surface area contributed by atoms with E-state index in [1.807, 2.05) is 6.92 Å². The van der Waals surface area contributed by atoms with E-state index >= 15 is 0 Å². The first-order valence-electron chi connectivity index (χ1n) is 7.42. The zero-order valence-electron chi connectivity index (χ0n) is 12.6. The average molecular weight is 297 g/mol. The van der Waals surface area contributed by atoms with Crippen LogP contribution in [0.3, 0.4) is 0 Å². The number of amides is 3. The number of carbonyl (C=O) groups is 3. The number of hydrogen-bond acceptors (Lipinski definition) is 3. The molecule has 2 heterocycles. The quantitative estimate of drug-likeness (QED) is 0.794. The third-order valence-corrected chi connectivity index (χ3v) is 4.62. The summed E-state index contributed by atoms with van der Waals surface area (Å²) in [6.45, 7) is 5.19. The Labute approximate surface area is 124 Å². The first kappa shape index (κ1) is 15.6. The van der Waals surface area contributed by atoms with E-state index in [1.165, 1.54) is 6.92 Å². The second-order valence-electron chi connectivity index (χ2n) is 6.03. The number of nitrogens with zero attached hydrogens (tertiary/aromatic N) is 2. The highest BCUT2D eigenvalue weighted by molar-refractivity contribution is 5.80. The molecule has 2 aliphatic heterocycles. The van der Waals surface area contributed by atoms with Crippen LogP contribution in [0.5, 0.6) is 0 Å². The Morgan fingerprint density at radius 1 is 1.29 bits per heavy atom. The summed E-state index contributed by atoms with van der Waals surface area (Å²) in [5, 5.41) is 12.2. The number of carboxylic acids is 1. The fourth-order valence-corrected chi connectivity index (χ4v) is 3.19. The minimum Gasteiger partial charge on any atom is -0.481 e. The first-order chi connectivity index (χ1) is 9.88. The normalized spacial score (nSPS) is 28.8. The molecule has 2 atom stereocenters. The Morgan fingerprint density at radius 2 is 2.00 bits per heavy atom. The molecule has 0 saturated carbocycles. The summed E-state index contributed by atoms with van der Waals surface area (Å²) in [4.78, 5) is 38.2. The maximum absolute atomic E-state index is 12.5. The third kappa shape index (κ3) is 3.11. The van der Waals surface area contributed by atoms with Crippen LogP contribution in [0.4, 0.5) is 4.79 Å². The van der Waals surface area contributed by atoms with E-state index in [1.54, 1.807) is 9.80 Å². The number of likely N-dealkylation sites (tertiary alicyclic amines) is 2. The predicted octanol–water partition coefficient (Wildman–Crippen LogP) is 0.504. The van der Waals surface area contributed by atoms with Crippen molar-refractivity contribution in [2.45, 2.75) is 39.2 Å². The van der Waals surface area contributed by atoms with Gasteiger partial charge in [0.25, 0.3) is 0 Å². The van der Waals surface area contributed by atoms with Crippen LogP contribution < -0.4 is 5.32 Å². The summed E-state index contributed by atoms with van der Waals surface area (Å²) < 4.78 is 0. The second-order valence-corrected chi connectivity index (χ2v) is 6.03. The summed E-state index contributed by atoms with van der Waals surface area (Å²) in [5.74, 6) is -0.913. The highest BCUT2D eigenvalue weighted by Gasteiger charge is 2.46. The van der Waals surface area contributed by atoms with Crippen molar-refractivity contribution >= 4 is 17.9 Å². The number of hydrogen-bond donors (Lipinski definition) is 2. The summed E-state index contributed by atoms with van der Waals surface area (Å²) in [6, 6.07) is -0.108. The zero-order valence-corrected chi connectivity index (χ0v) is 12.6. The molecule has 118 valence electrons. The molecule has 7 nitrogen and oxygen atoms in total. The SMILES string of the molecule is CCC1(C(=O)O)CCN(C(=O)N2CCC(NC(C)=O)C2)C1. The molecule has 7 heteroatoms. The highest BCUT2D eigenvalue weighted by Crippen LogP contribution is 2.34. The molecule has 0 aromatic heterocycles. The fraction of sp³-hybridized carbons (Fsp3) is 0.786. The molecule has 2 aliphatic rings. The van der Waals surface area contributed by atoms with Crippen LogP contribution in [0.15, 0.2) is 0 Å². The minimum atomic E-state index is -0.821. The molecule has 2 N–H and O–H groups in total. The molecule has 2 rings (SSSR count). The molecule has 0 aromatic rings. The first-order valence-corrected chi connectivity index (χ1v) is 7.42. The monoisotopic (exact) mass is 297 g/mol. The van der Waals surface area contributed by atoms with Crippen molar-refractivity contribution in [2.75, 3.05) is 26.2 Å². The number of nitrogens with one attached hydrogen (secondary N) is 1. The van der Waals surface area contributed by atoms with E-state index in [2.05, 4.69) is 5.32 Å². The van der Waals surface area contributed by atoms with Crippen molar-refractivity contribution in [3.63, 3.8) is 0 Å². The van der Waals surface area contributed by atoms with Gasteiger partial charge in [-0.05, 0) is 19.3 Å². The molecule has 0 spiro atoms. The Bertz CT molecular complexity index is 454. The molecule has 2 unspecified atom stereocenters. The largest absolute Gasteiger partial charge is 0.481 e. The van der Waals surface area contributed by atoms with Crippen molar-refractivity contribution < 1.29 is 19.5 Å². The van der Waals surface area contributed by atoms with Gasteiger partial charge in [0.1, 0.15) is 0 Å². The Kier molecular flexibility index (Phi) is 4.39. The van der Waals surface area contributed by atoms with Crippen LogP contribution in [0.1, 0.15) is 33.1 Å². The molecule has 0 aliphatic carbocycles. The average Bonchev–Trinajstić information content (AvgIpc) is 3.04. The Hall–Kier alpha value is -1.79. The van der Waals surface area contributed by atoms with Gasteiger partial charge < -0.3 is 20.2 Å². The van der Waals surface area contributed by atoms with E-state index < -0.39 is 11.4 Å². The molecule has 2 fully saturated rings. The number of carboxylic acid groups (broad SMARTS) is 1. The van der Waals surface area contributed by atoms with Gasteiger partial charge in [0, 0.05) is 39.1 Å². The van der Waals surface area contributed by atoms with E-state index in [9.17, 15) is 19.5 Å². The lowest BCUT2D eigenvalue weighted by molar-refractivity contribution is -0.148. The van der Waals surface area contributed by atoms with Crippen molar-refractivity contribution in [2.24, 2.45) is 5.41 Å². The fourth-order valence-electron chi connectivity index (χ4n) is 3.19. The van der Waals surface area contributed by atoms with Gasteiger partial charge >= 0.3 is 12.0 Å². The smallest absolute Gasteiger partial charge is 0.320 e. The van der Waals surface area contributed by atoms with Crippen molar-refractivity contribution in [3.8, 4) is 0 Å². The summed E-state index contributed by atoms with van der Waals surface area (Å²) in [6.07, 6.45) is 1.78. The molecular weight excluding hydrogens is 274 g/mol. The molecule has 0 bridgehead atoms. The van der Waals surface area contributed by atoms with Gasteiger partial charge in [-0.1, -0.05) is 6.92 Å². The van der Waals surface area contributed by atoms with Gasteiger partial charge in [-0.25, -0.2) is 4.79 Å². The van der Waals surface area contributed by atoms with Crippen LogP contribution in [0.25, 0.3) is 0 Å². The van der Waals surface area contributed by atoms with Crippen LogP contribution >= 0.6 is 0 Å². The van der Waals surface area contributed by atoms with Gasteiger partial charge in [-0.3, -0.25) is 9.59 Å². The molecule has 21 heavy (non-hydrogen) atoms. The van der Waals surface area contributed by atoms with Crippen LogP contribution in [-0.4, -0.2) is 65.0 Å². The zero-order chi connectivity index (χ0) is 15.6. The van der Waals surface area contributed by atoms with Crippen LogP contribution in [-0.2, 0) is 9.59 Å². The predicted molar refractivity (Wildman–Crippen MR) is 75.7 cm³/mol. The van der Waals surface area contributed by atoms with Crippen molar-refractivity contribution in [1.29, 1.82) is 0 Å². The molecular formula is C14H23N3O4. The number of carbonyl (C=O) groups excluding carboxylic acids is 2. The Balaban J connectivity index is 1.94. The standard InChI is InChI=1S/C14H23N3O4/c1-3-14(12(19)20)5-7-17(9-14)13(21)16-6-4-11(8-16)15-10(2)18/h11H,3-9H2,1-2H3,(H,15,18)(H,19,20). The van der Waals surface area contributed by atoms with Gasteiger partial charge in [-0.2, -0.15) is 0 Å². The maximum atomic E-state index is 12.5. The number of aliphatic carboxylic acids is 1. The maximum Gasteiger partial charge on any atom is 0.320 e. The van der Waals surface area contributed by atoms with Crippen molar-refractivity contribution in [1.82, 2.24) is 15.1 Å². The van der Waals surface area contributed by atoms with Gasteiger partial charge in [-0.15, -0.1) is 0 Å². The van der Waals surface area contributed by atoms with E-state index in [-0.39, 0.29) is 24.5 Å². The number of urea groups is 1. The summed E-state index contributed by atoms with van der Waals surface area (Å²) >= 11 is 0. The van der Waals surface area contributed by atoms with Gasteiger partial charge in [0.2, 0.25) is 5.91 Å². The molecule has 3 amide bonds. The van der Waals surface area contributed by atoms with Crippen LogP contribution in [0, 0.1) is 5.41 Å². The lowest BCUT2D eigenvalue weighted by Crippen LogP contribution is -2.44. The topological polar surface area (TPSA) is 89.9 Å². The molecule has 2 saturated heterocycles. The molecule has 0 aromatic carbocycles. The second kappa shape index (κ2) is 5.91. The lowest BCUT2D eigenvalue weighted by Gasteiger charge is -2.26. The third-order valence-electron chi connectivity index (χ3n) is 4.62. The highest BCUT2D eigenvalue weighted by atomic mass is 16.4.